The number of nitrogens with zero attached hydrogens (tertiary/aromatic N) is 2. The minimum absolute atomic E-state index is 0.00713. The Bertz CT molecular complexity index is 259. The van der Waals surface area contributed by atoms with Crippen LogP contribution in [0.1, 0.15) is 6.42 Å². The van der Waals surface area contributed by atoms with Crippen molar-refractivity contribution >= 4 is 5.91 Å². The van der Waals surface area contributed by atoms with Gasteiger partial charge in [0.15, 0.2) is 0 Å². The summed E-state index contributed by atoms with van der Waals surface area (Å²) in [6.07, 6.45) is 4.40. The largest absolute Gasteiger partial charge is 0.689 e. The second kappa shape index (κ2) is 2.05. The maximum atomic E-state index is 11.0. The molecule has 0 radical (unpaired) electrons. The maximum absolute atomic E-state index is 11.0. The first-order valence-corrected chi connectivity index (χ1v) is 3.43. The average molecular weight is 153 g/mol. The molecule has 0 bridgehead atoms. The lowest BCUT2D eigenvalue weighted by Gasteiger charge is -2.18. The third-order valence-corrected chi connectivity index (χ3v) is 1.95. The van der Waals surface area contributed by atoms with Crippen LogP contribution in [0.4, 0.5) is 0 Å². The number of fused-ring (bicyclic) bond motifs is 1. The van der Waals surface area contributed by atoms with E-state index in [2.05, 4.69) is 10.6 Å². The van der Waals surface area contributed by atoms with E-state index in [1.54, 1.807) is 6.08 Å². The fraction of sp³-hybridized carbons (Fsp3) is 0.500. The molecule has 0 saturated heterocycles. The molecule has 11 heavy (non-hydrogen) atoms. The van der Waals surface area contributed by atoms with Gasteiger partial charge in [0.05, 0.1) is 5.22 Å². The highest BCUT2D eigenvalue weighted by atomic mass is 16.5. The van der Waals surface area contributed by atoms with Crippen LogP contribution in [0.2, 0.25) is 0 Å². The molecular formula is C6H7N3O2. The smallest absolute Gasteiger partial charge is 0.344 e. The predicted octanol–water partition coefficient (Wildman–Crippen LogP) is -0.0616. The monoisotopic (exact) mass is 153 g/mol. The number of rotatable bonds is 0. The van der Waals surface area contributed by atoms with E-state index >= 15 is 0 Å². The van der Waals surface area contributed by atoms with Crippen molar-refractivity contribution in [1.82, 2.24) is 5.43 Å². The molecule has 2 rings (SSSR count). The predicted molar refractivity (Wildman–Crippen MR) is 35.2 cm³/mol. The number of amides is 1. The lowest BCUT2D eigenvalue weighted by molar-refractivity contribution is -0.466. The Labute approximate surface area is 62.9 Å². The van der Waals surface area contributed by atoms with Crippen molar-refractivity contribution in [2.24, 2.45) is 11.1 Å². The highest BCUT2D eigenvalue weighted by molar-refractivity contribution is 5.74. The van der Waals surface area contributed by atoms with Crippen LogP contribution < -0.4 is 5.43 Å². The van der Waals surface area contributed by atoms with Gasteiger partial charge in [-0.3, -0.25) is 0 Å². The molecule has 0 aromatic rings. The van der Waals surface area contributed by atoms with Crippen molar-refractivity contribution in [3.8, 4) is 0 Å². The van der Waals surface area contributed by atoms with Gasteiger partial charge in [-0.2, -0.15) is 5.43 Å². The molecule has 1 aliphatic carbocycles. The van der Waals surface area contributed by atoms with Crippen LogP contribution in [0.3, 0.4) is 0 Å². The zero-order valence-electron chi connectivity index (χ0n) is 5.73. The van der Waals surface area contributed by atoms with Gasteiger partial charge in [0.1, 0.15) is 12.0 Å². The Balaban J connectivity index is 2.30. The van der Waals surface area contributed by atoms with Crippen molar-refractivity contribution in [1.29, 1.82) is 0 Å². The number of carbonyl (C=O) groups is 1. The second-order valence-corrected chi connectivity index (χ2v) is 2.64. The maximum Gasteiger partial charge on any atom is 0.344 e. The Morgan fingerprint density at radius 1 is 1.82 bits per heavy atom. The molecule has 1 amide bonds. The molecule has 0 fully saturated rings. The van der Waals surface area contributed by atoms with Crippen molar-refractivity contribution in [3.05, 3.63) is 17.4 Å². The summed E-state index contributed by atoms with van der Waals surface area (Å²) < 4.78 is 0. The molecule has 1 heterocycles. The molecule has 58 valence electrons. The number of hydrogen-bond acceptors (Lipinski definition) is 4. The first-order chi connectivity index (χ1) is 5.29. The van der Waals surface area contributed by atoms with E-state index in [1.165, 1.54) is 0 Å². The van der Waals surface area contributed by atoms with Crippen LogP contribution in [-0.4, -0.2) is 16.8 Å². The van der Waals surface area contributed by atoms with Gasteiger partial charge in [-0.25, -0.2) is 4.79 Å². The number of nitrogens with one attached hydrogen (secondary N) is 1. The molecule has 2 unspecified atom stereocenters. The van der Waals surface area contributed by atoms with Crippen molar-refractivity contribution in [2.45, 2.75) is 12.5 Å². The zero-order chi connectivity index (χ0) is 7.84. The van der Waals surface area contributed by atoms with E-state index in [-0.39, 0.29) is 16.8 Å². The van der Waals surface area contributed by atoms with Gasteiger partial charge in [-0.15, -0.1) is 0 Å². The van der Waals surface area contributed by atoms with Gasteiger partial charge in [-0.1, -0.05) is 17.0 Å². The minimum Gasteiger partial charge on any atom is -0.689 e. The van der Waals surface area contributed by atoms with Crippen molar-refractivity contribution in [3.63, 3.8) is 0 Å². The Morgan fingerprint density at radius 2 is 2.64 bits per heavy atom. The van der Waals surface area contributed by atoms with Crippen molar-refractivity contribution < 1.29 is 9.66 Å². The first-order valence-electron chi connectivity index (χ1n) is 3.43. The van der Waals surface area contributed by atoms with Crippen LogP contribution in [0.15, 0.2) is 17.4 Å². The van der Waals surface area contributed by atoms with Crippen LogP contribution in [0.5, 0.6) is 0 Å². The molecule has 5 heteroatoms. The fourth-order valence-electron chi connectivity index (χ4n) is 1.34. The summed E-state index contributed by atoms with van der Waals surface area (Å²) in [6.45, 7) is 0. The lowest BCUT2D eigenvalue weighted by atomic mass is 10.0. The Hall–Kier alpha value is -1.39. The average Bonchev–Trinajstić information content (AvgIpc) is 2.45. The molecule has 0 saturated carbocycles. The summed E-state index contributed by atoms with van der Waals surface area (Å²) in [5.41, 5.74) is 2.62. The molecule has 2 aliphatic rings. The van der Waals surface area contributed by atoms with E-state index in [1.807, 2.05) is 6.08 Å². The number of hydroxylamine groups is 1. The molecule has 0 aromatic heterocycles. The first kappa shape index (κ1) is 6.33. The van der Waals surface area contributed by atoms with E-state index < -0.39 is 5.91 Å². The molecule has 2 atom stereocenters. The second-order valence-electron chi connectivity index (χ2n) is 2.64. The van der Waals surface area contributed by atoms with Gasteiger partial charge < -0.3 is 5.21 Å². The summed E-state index contributed by atoms with van der Waals surface area (Å²) >= 11 is 0. The van der Waals surface area contributed by atoms with Gasteiger partial charge >= 0.3 is 5.91 Å². The molecule has 0 aromatic carbocycles. The van der Waals surface area contributed by atoms with Crippen LogP contribution in [0.25, 0.3) is 0 Å². The highest BCUT2D eigenvalue weighted by Gasteiger charge is 2.38. The summed E-state index contributed by atoms with van der Waals surface area (Å²) in [7, 11) is 0. The van der Waals surface area contributed by atoms with Gasteiger partial charge in [-0.05, 0) is 0 Å². The number of carbonyl (C=O) groups excluding carboxylic acids is 1. The third-order valence-electron chi connectivity index (χ3n) is 1.95. The van der Waals surface area contributed by atoms with E-state index in [0.29, 0.717) is 0 Å². The Morgan fingerprint density at radius 3 is 3.45 bits per heavy atom. The van der Waals surface area contributed by atoms with Crippen molar-refractivity contribution in [2.75, 3.05) is 0 Å². The standard InChI is InChI=1S/C6H7N3O2/c10-6-4-2-1-3-5(4)7-8-9(6)11/h1-2,4-5,7H,3H2. The van der Waals surface area contributed by atoms with E-state index in [0.717, 1.165) is 6.42 Å². The van der Waals surface area contributed by atoms with Gasteiger partial charge in [0.25, 0.3) is 0 Å². The summed E-state index contributed by atoms with van der Waals surface area (Å²) in [6, 6.07) is 0.00713. The molecule has 5 nitrogen and oxygen atoms in total. The normalized spacial score (nSPS) is 34.5. The van der Waals surface area contributed by atoms with Crippen LogP contribution in [0, 0.1) is 11.1 Å². The summed E-state index contributed by atoms with van der Waals surface area (Å²) in [4.78, 5) is 11.1. The Kier molecular flexibility index (Phi) is 1.18. The van der Waals surface area contributed by atoms with Crippen LogP contribution >= 0.6 is 0 Å². The topological polar surface area (TPSA) is 67.5 Å². The van der Waals surface area contributed by atoms with Crippen LogP contribution in [-0.2, 0) is 4.79 Å². The summed E-state index contributed by atoms with van der Waals surface area (Å²) in [5, 5.41) is 13.9. The lowest BCUT2D eigenvalue weighted by Crippen LogP contribution is -2.42. The SMILES string of the molecule is O=C1C2C=CCC2NN=[N+]1[O-]. The minimum atomic E-state index is -0.470. The number of hydrogen-bond donors (Lipinski definition) is 1. The summed E-state index contributed by atoms with van der Waals surface area (Å²) in [5.74, 6) is -0.771. The van der Waals surface area contributed by atoms with Gasteiger partial charge in [0.2, 0.25) is 0 Å². The van der Waals surface area contributed by atoms with E-state index in [9.17, 15) is 10.0 Å². The van der Waals surface area contributed by atoms with E-state index in [4.69, 9.17) is 0 Å². The zero-order valence-corrected chi connectivity index (χ0v) is 5.73. The quantitative estimate of drug-likeness (QED) is 0.301. The highest BCUT2D eigenvalue weighted by Crippen LogP contribution is 2.21. The van der Waals surface area contributed by atoms with Gasteiger partial charge in [0, 0.05) is 6.42 Å². The molecular weight excluding hydrogens is 146 g/mol. The molecule has 1 aliphatic heterocycles. The third kappa shape index (κ3) is 0.806. The fourth-order valence-corrected chi connectivity index (χ4v) is 1.34. The molecule has 0 spiro atoms. The molecule has 1 N–H and O–H groups in total.